The van der Waals surface area contributed by atoms with Crippen LogP contribution in [0.15, 0.2) is 0 Å². The Morgan fingerprint density at radius 3 is 2.39 bits per heavy atom. The van der Waals surface area contributed by atoms with E-state index in [1.165, 1.54) is 0 Å². The molecule has 3 nitrogen and oxygen atoms in total. The molecule has 6 heteroatoms. The lowest BCUT2D eigenvalue weighted by Gasteiger charge is -2.34. The lowest BCUT2D eigenvalue weighted by Crippen LogP contribution is -2.53. The number of carbonyl (C=O) groups is 1. The smallest absolute Gasteiger partial charge is 0.311 e. The number of nitrogens with one attached hydrogen (secondary N) is 1. The Kier molecular flexibility index (Phi) is 3.34. The number of amides is 1. The van der Waals surface area contributed by atoms with Gasteiger partial charge in [-0.25, -0.2) is 0 Å². The largest absolute Gasteiger partial charge is 0.411 e. The van der Waals surface area contributed by atoms with Crippen LogP contribution in [0.2, 0.25) is 0 Å². The summed E-state index contributed by atoms with van der Waals surface area (Å²) < 4.78 is 39.4. The van der Waals surface area contributed by atoms with Gasteiger partial charge in [-0.05, 0) is 25.7 Å². The molecule has 2 rings (SSSR count). The molecule has 2 unspecified atom stereocenters. The van der Waals surface area contributed by atoms with Crippen LogP contribution in [-0.2, 0) is 4.79 Å². The molecule has 1 heterocycles. The van der Waals surface area contributed by atoms with Crippen molar-refractivity contribution in [2.75, 3.05) is 0 Å². The zero-order valence-electron chi connectivity index (χ0n) is 10.7. The average molecular weight is 264 g/mol. The molecule has 1 amide bonds. The van der Waals surface area contributed by atoms with Gasteiger partial charge < -0.3 is 4.90 Å². The van der Waals surface area contributed by atoms with Crippen molar-refractivity contribution in [3.05, 3.63) is 0 Å². The molecule has 0 aromatic carbocycles. The molecule has 1 aliphatic heterocycles. The quantitative estimate of drug-likeness (QED) is 0.845. The second-order valence-corrected chi connectivity index (χ2v) is 5.17. The SMILES string of the molecule is CCCC1NC(CC)N(C2(C(F)(F)F)CC2)C1=O. The van der Waals surface area contributed by atoms with Gasteiger partial charge in [0, 0.05) is 0 Å². The van der Waals surface area contributed by atoms with Crippen LogP contribution < -0.4 is 5.32 Å². The molecule has 104 valence electrons. The maximum Gasteiger partial charge on any atom is 0.411 e. The van der Waals surface area contributed by atoms with Gasteiger partial charge in [-0.2, -0.15) is 13.2 Å². The highest BCUT2D eigenvalue weighted by Crippen LogP contribution is 2.55. The van der Waals surface area contributed by atoms with Crippen molar-refractivity contribution in [2.45, 2.75) is 69.9 Å². The maximum atomic E-state index is 13.1. The Morgan fingerprint density at radius 1 is 1.39 bits per heavy atom. The van der Waals surface area contributed by atoms with E-state index in [0.29, 0.717) is 12.8 Å². The van der Waals surface area contributed by atoms with E-state index in [1.807, 2.05) is 6.92 Å². The minimum atomic E-state index is -4.32. The van der Waals surface area contributed by atoms with Crippen LogP contribution in [0.3, 0.4) is 0 Å². The number of rotatable bonds is 4. The standard InChI is InChI=1S/C12H19F3N2O/c1-3-5-8-10(18)17(9(4-2)16-8)11(6-7-11)12(13,14)15/h8-9,16H,3-7H2,1-2H3. The third-order valence-corrected chi connectivity index (χ3v) is 3.92. The molecule has 0 radical (unpaired) electrons. The van der Waals surface area contributed by atoms with Crippen molar-refractivity contribution >= 4 is 5.91 Å². The molecular weight excluding hydrogens is 245 g/mol. The van der Waals surface area contributed by atoms with Crippen LogP contribution in [-0.4, -0.2) is 34.7 Å². The van der Waals surface area contributed by atoms with Crippen molar-refractivity contribution < 1.29 is 18.0 Å². The van der Waals surface area contributed by atoms with E-state index in [-0.39, 0.29) is 18.7 Å². The molecule has 0 bridgehead atoms. The van der Waals surface area contributed by atoms with E-state index < -0.39 is 23.9 Å². The second-order valence-electron chi connectivity index (χ2n) is 5.17. The van der Waals surface area contributed by atoms with Crippen molar-refractivity contribution in [2.24, 2.45) is 0 Å². The molecule has 0 aromatic heterocycles. The van der Waals surface area contributed by atoms with Gasteiger partial charge in [0.2, 0.25) is 5.91 Å². The van der Waals surface area contributed by atoms with E-state index in [0.717, 1.165) is 11.3 Å². The van der Waals surface area contributed by atoms with Gasteiger partial charge in [0.1, 0.15) is 5.54 Å². The van der Waals surface area contributed by atoms with Crippen molar-refractivity contribution in [1.29, 1.82) is 0 Å². The Balaban J connectivity index is 2.23. The Bertz CT molecular complexity index is 339. The fraction of sp³-hybridized carbons (Fsp3) is 0.917. The molecule has 0 spiro atoms. The predicted octanol–water partition coefficient (Wildman–Crippen LogP) is 2.42. The third-order valence-electron chi connectivity index (χ3n) is 3.92. The van der Waals surface area contributed by atoms with Crippen LogP contribution in [0.4, 0.5) is 13.2 Å². The summed E-state index contributed by atoms with van der Waals surface area (Å²) in [5, 5.41) is 3.04. The van der Waals surface area contributed by atoms with Gasteiger partial charge >= 0.3 is 6.18 Å². The summed E-state index contributed by atoms with van der Waals surface area (Å²) in [5.74, 6) is -0.376. The van der Waals surface area contributed by atoms with Gasteiger partial charge in [-0.3, -0.25) is 10.1 Å². The monoisotopic (exact) mass is 264 g/mol. The molecule has 2 atom stereocenters. The Morgan fingerprint density at radius 2 is 2.00 bits per heavy atom. The first kappa shape index (κ1) is 13.6. The van der Waals surface area contributed by atoms with Gasteiger partial charge in [-0.1, -0.05) is 20.3 Å². The van der Waals surface area contributed by atoms with Gasteiger partial charge in [-0.15, -0.1) is 0 Å². The van der Waals surface area contributed by atoms with E-state index >= 15 is 0 Å². The summed E-state index contributed by atoms with van der Waals surface area (Å²) in [6, 6.07) is -0.445. The lowest BCUT2D eigenvalue weighted by atomic mass is 10.1. The van der Waals surface area contributed by atoms with E-state index in [1.54, 1.807) is 6.92 Å². The van der Waals surface area contributed by atoms with Crippen LogP contribution in [0.5, 0.6) is 0 Å². The van der Waals surface area contributed by atoms with Gasteiger partial charge in [0.25, 0.3) is 0 Å². The number of alkyl halides is 3. The third kappa shape index (κ3) is 1.90. The maximum absolute atomic E-state index is 13.1. The molecule has 2 fully saturated rings. The minimum Gasteiger partial charge on any atom is -0.311 e. The fourth-order valence-electron chi connectivity index (χ4n) is 2.78. The number of hydrogen-bond donors (Lipinski definition) is 1. The zero-order chi connectivity index (χ0) is 13.6. The van der Waals surface area contributed by atoms with Crippen LogP contribution >= 0.6 is 0 Å². The highest BCUT2D eigenvalue weighted by atomic mass is 19.4. The normalized spacial score (nSPS) is 30.9. The molecule has 1 aliphatic carbocycles. The van der Waals surface area contributed by atoms with E-state index in [9.17, 15) is 18.0 Å². The number of carbonyl (C=O) groups excluding carboxylic acids is 1. The summed E-state index contributed by atoms with van der Waals surface area (Å²) in [6.45, 7) is 3.73. The van der Waals surface area contributed by atoms with Crippen molar-refractivity contribution in [3.8, 4) is 0 Å². The molecule has 1 saturated carbocycles. The molecule has 0 aromatic rings. The summed E-state index contributed by atoms with van der Waals surface area (Å²) in [7, 11) is 0. The minimum absolute atomic E-state index is 0.0409. The highest BCUT2D eigenvalue weighted by Gasteiger charge is 2.70. The highest BCUT2D eigenvalue weighted by molar-refractivity contribution is 5.85. The first-order valence-electron chi connectivity index (χ1n) is 6.53. The molecule has 1 N–H and O–H groups in total. The zero-order valence-corrected chi connectivity index (χ0v) is 10.7. The number of nitrogens with zero attached hydrogens (tertiary/aromatic N) is 1. The summed E-state index contributed by atoms with van der Waals surface area (Å²) >= 11 is 0. The first-order chi connectivity index (χ1) is 8.37. The van der Waals surface area contributed by atoms with E-state index in [2.05, 4.69) is 5.32 Å². The predicted molar refractivity (Wildman–Crippen MR) is 60.8 cm³/mol. The van der Waals surface area contributed by atoms with Crippen LogP contribution in [0, 0.1) is 0 Å². The van der Waals surface area contributed by atoms with Gasteiger partial charge in [0.15, 0.2) is 0 Å². The van der Waals surface area contributed by atoms with E-state index in [4.69, 9.17) is 0 Å². The fourth-order valence-corrected chi connectivity index (χ4v) is 2.78. The summed E-state index contributed by atoms with van der Waals surface area (Å²) in [5.41, 5.74) is -1.89. The molecule has 18 heavy (non-hydrogen) atoms. The topological polar surface area (TPSA) is 32.3 Å². The van der Waals surface area contributed by atoms with Crippen molar-refractivity contribution in [3.63, 3.8) is 0 Å². The van der Waals surface area contributed by atoms with Gasteiger partial charge in [0.05, 0.1) is 12.2 Å². The lowest BCUT2D eigenvalue weighted by molar-refractivity contribution is -0.202. The van der Waals surface area contributed by atoms with Crippen LogP contribution in [0.1, 0.15) is 46.0 Å². The Labute approximate surface area is 105 Å². The number of halogens is 3. The van der Waals surface area contributed by atoms with Crippen LogP contribution in [0.25, 0.3) is 0 Å². The molecule has 1 saturated heterocycles. The number of hydrogen-bond acceptors (Lipinski definition) is 2. The molecule has 2 aliphatic rings. The summed E-state index contributed by atoms with van der Waals surface area (Å²) in [4.78, 5) is 13.2. The Hall–Kier alpha value is -0.780. The second kappa shape index (κ2) is 4.40. The average Bonchev–Trinajstić information content (AvgIpc) is 3.02. The van der Waals surface area contributed by atoms with Crippen molar-refractivity contribution in [1.82, 2.24) is 10.2 Å². The summed E-state index contributed by atoms with van der Waals surface area (Å²) in [6.07, 6.45) is -2.83. The molecular formula is C12H19F3N2O. The first-order valence-corrected chi connectivity index (χ1v) is 6.53.